The van der Waals surface area contributed by atoms with Crippen LogP contribution in [-0.4, -0.2) is 81.6 Å². The van der Waals surface area contributed by atoms with Crippen molar-refractivity contribution in [1.29, 1.82) is 0 Å². The molecule has 6 nitrogen and oxygen atoms in total. The van der Waals surface area contributed by atoms with Crippen LogP contribution in [0.2, 0.25) is 0 Å². The van der Waals surface area contributed by atoms with Gasteiger partial charge in [0.05, 0.1) is 0 Å². The SMILES string of the molecule is CN(C)C(=S)N(CCN(C(=O)[S-])C(=S)N(C)C)C(=O)[S-].[Zn+2]. The zero-order valence-electron chi connectivity index (χ0n) is 12.4. The summed E-state index contributed by atoms with van der Waals surface area (Å²) in [7, 11) is 6.81. The van der Waals surface area contributed by atoms with Crippen molar-refractivity contribution in [3.05, 3.63) is 0 Å². The fourth-order valence-corrected chi connectivity index (χ4v) is 2.03. The fraction of sp³-hybridized carbons (Fsp3) is 0.600. The van der Waals surface area contributed by atoms with E-state index in [1.165, 1.54) is 9.80 Å². The monoisotopic (exact) mass is 416 g/mol. The third-order valence-electron chi connectivity index (χ3n) is 2.21. The van der Waals surface area contributed by atoms with Gasteiger partial charge in [-0.05, 0) is 24.4 Å². The smallest absolute Gasteiger partial charge is 0.719 e. The van der Waals surface area contributed by atoms with Gasteiger partial charge in [-0.3, -0.25) is 0 Å². The van der Waals surface area contributed by atoms with Crippen molar-refractivity contribution in [3.63, 3.8) is 0 Å². The first kappa shape index (κ1) is 23.1. The van der Waals surface area contributed by atoms with Gasteiger partial charge in [0.2, 0.25) is 0 Å². The number of thiocarbonyl (C=S) groups is 2. The Morgan fingerprint density at radius 2 is 1.05 bits per heavy atom. The molecule has 0 saturated heterocycles. The maximum absolute atomic E-state index is 11.4. The standard InChI is InChI=1S/C10H18N4O2S4.Zn/c1-11(2)7(17)13(9(15)19)5-6-14(10(16)20)8(18)12(3)4;/h5-6H2,1-4H3,(H,15,19)(H,16,20);/q;+2/p-2. The predicted molar refractivity (Wildman–Crippen MR) is 91.5 cm³/mol. The molecule has 0 aromatic heterocycles. The van der Waals surface area contributed by atoms with Gasteiger partial charge in [0, 0.05) is 41.3 Å². The number of amides is 2. The van der Waals surface area contributed by atoms with Crippen molar-refractivity contribution in [2.45, 2.75) is 0 Å². The van der Waals surface area contributed by atoms with Crippen LogP contribution in [0.4, 0.5) is 9.59 Å². The molecule has 0 aliphatic rings. The Balaban J connectivity index is 0. The molecule has 0 heterocycles. The van der Waals surface area contributed by atoms with E-state index in [0.29, 0.717) is 0 Å². The molecule has 0 rings (SSSR count). The summed E-state index contributed by atoms with van der Waals surface area (Å²) in [4.78, 5) is 28.5. The third-order valence-corrected chi connectivity index (χ3v) is 3.83. The number of carbonyl (C=O) groups is 2. The largest absolute Gasteiger partial charge is 2.00 e. The van der Waals surface area contributed by atoms with Crippen LogP contribution in [0.5, 0.6) is 0 Å². The molecule has 0 saturated carbocycles. The van der Waals surface area contributed by atoms with Crippen LogP contribution in [0.15, 0.2) is 0 Å². The van der Waals surface area contributed by atoms with Gasteiger partial charge in [-0.1, -0.05) is 0 Å². The minimum atomic E-state index is -0.615. The average molecular weight is 418 g/mol. The summed E-state index contributed by atoms with van der Waals surface area (Å²) >= 11 is 19.5. The second kappa shape index (κ2) is 10.5. The second-order valence-electron chi connectivity index (χ2n) is 4.19. The first-order valence-electron chi connectivity index (χ1n) is 5.49. The molecule has 0 radical (unpaired) electrons. The Hall–Kier alpha value is -0.217. The number of carbonyl (C=O) groups excluding carboxylic acids is 2. The maximum atomic E-state index is 11.4. The topological polar surface area (TPSA) is 47.1 Å². The van der Waals surface area contributed by atoms with Crippen molar-refractivity contribution < 1.29 is 29.1 Å². The van der Waals surface area contributed by atoms with E-state index in [4.69, 9.17) is 24.4 Å². The molecular weight excluding hydrogens is 402 g/mol. The molecule has 114 valence electrons. The van der Waals surface area contributed by atoms with Crippen LogP contribution in [-0.2, 0) is 44.7 Å². The van der Waals surface area contributed by atoms with E-state index in [1.807, 2.05) is 0 Å². The number of hydrogen-bond donors (Lipinski definition) is 0. The first-order valence-corrected chi connectivity index (χ1v) is 7.12. The van der Waals surface area contributed by atoms with Crippen LogP contribution in [0.3, 0.4) is 0 Å². The van der Waals surface area contributed by atoms with Gasteiger partial charge in [-0.15, -0.1) is 0 Å². The summed E-state index contributed by atoms with van der Waals surface area (Å²) in [6, 6.07) is 0. The number of hydrogen-bond acceptors (Lipinski definition) is 6. The summed E-state index contributed by atoms with van der Waals surface area (Å²) in [5.41, 5.74) is 0. The van der Waals surface area contributed by atoms with Gasteiger partial charge >= 0.3 is 19.5 Å². The molecule has 0 aliphatic carbocycles. The Labute approximate surface area is 159 Å². The van der Waals surface area contributed by atoms with Crippen LogP contribution in [0.1, 0.15) is 0 Å². The molecule has 0 N–H and O–H groups in total. The molecule has 0 aliphatic heterocycles. The zero-order valence-corrected chi connectivity index (χ0v) is 18.6. The summed E-state index contributed by atoms with van der Waals surface area (Å²) in [5, 5.41) is -0.678. The molecule has 0 aromatic rings. The molecule has 0 spiro atoms. The molecule has 2 amide bonds. The number of nitrogens with zero attached hydrogens (tertiary/aromatic N) is 4. The summed E-state index contributed by atoms with van der Waals surface area (Å²) in [6.07, 6.45) is 0. The second-order valence-corrected chi connectivity index (χ2v) is 5.62. The molecule has 0 unspecified atom stereocenters. The van der Waals surface area contributed by atoms with Crippen LogP contribution in [0.25, 0.3) is 0 Å². The van der Waals surface area contributed by atoms with Gasteiger partial charge in [0.25, 0.3) is 0 Å². The van der Waals surface area contributed by atoms with Gasteiger partial charge in [-0.25, -0.2) is 0 Å². The van der Waals surface area contributed by atoms with Gasteiger partial charge < -0.3 is 54.4 Å². The maximum Gasteiger partial charge on any atom is 2.00 e. The molecule has 0 fully saturated rings. The van der Waals surface area contributed by atoms with E-state index in [-0.39, 0.29) is 42.8 Å². The van der Waals surface area contributed by atoms with Crippen LogP contribution < -0.4 is 0 Å². The van der Waals surface area contributed by atoms with Crippen molar-refractivity contribution in [1.82, 2.24) is 19.6 Å². The van der Waals surface area contributed by atoms with Crippen molar-refractivity contribution in [2.75, 3.05) is 41.3 Å². The zero-order chi connectivity index (χ0) is 16.0. The molecular formula is C10H16N4O2S4Zn. The van der Waals surface area contributed by atoms with Crippen LogP contribution in [0, 0.1) is 0 Å². The van der Waals surface area contributed by atoms with E-state index in [1.54, 1.807) is 38.0 Å². The van der Waals surface area contributed by atoms with Crippen molar-refractivity contribution >= 4 is 70.4 Å². The van der Waals surface area contributed by atoms with E-state index in [0.717, 1.165) is 0 Å². The quantitative estimate of drug-likeness (QED) is 0.376. The molecule has 0 atom stereocenters. The predicted octanol–water partition coefficient (Wildman–Crippen LogP) is 0.615. The first-order chi connectivity index (χ1) is 9.09. The average Bonchev–Trinajstić information content (AvgIpc) is 2.31. The van der Waals surface area contributed by atoms with Crippen LogP contribution >= 0.6 is 24.4 Å². The number of rotatable bonds is 3. The fourth-order valence-electron chi connectivity index (χ4n) is 1.21. The summed E-state index contributed by atoms with van der Waals surface area (Å²) in [6.45, 7) is 0.269. The minimum Gasteiger partial charge on any atom is -0.719 e. The Morgan fingerprint density at radius 1 is 0.810 bits per heavy atom. The Bertz CT molecular complexity index is 382. The van der Waals surface area contributed by atoms with Crippen molar-refractivity contribution in [2.24, 2.45) is 0 Å². The van der Waals surface area contributed by atoms with Crippen molar-refractivity contribution in [3.8, 4) is 0 Å². The van der Waals surface area contributed by atoms with E-state index < -0.39 is 10.5 Å². The molecule has 21 heavy (non-hydrogen) atoms. The molecule has 11 heteroatoms. The van der Waals surface area contributed by atoms with Gasteiger partial charge in [-0.2, -0.15) is 0 Å². The third kappa shape index (κ3) is 7.55. The van der Waals surface area contributed by atoms with Gasteiger partial charge in [0.1, 0.15) is 10.5 Å². The molecule has 0 bridgehead atoms. The summed E-state index contributed by atoms with van der Waals surface area (Å²) in [5.74, 6) is 0. The van der Waals surface area contributed by atoms with Gasteiger partial charge in [0.15, 0.2) is 10.2 Å². The summed E-state index contributed by atoms with van der Waals surface area (Å²) < 4.78 is 0. The van der Waals surface area contributed by atoms with E-state index in [2.05, 4.69) is 25.3 Å². The minimum absolute atomic E-state index is 0. The molecule has 0 aromatic carbocycles. The Kier molecular flexibility index (Phi) is 11.5. The Morgan fingerprint density at radius 3 is 1.19 bits per heavy atom. The van der Waals surface area contributed by atoms with E-state index in [9.17, 15) is 9.59 Å². The normalized spacial score (nSPS) is 9.14. The van der Waals surface area contributed by atoms with E-state index >= 15 is 0 Å².